The van der Waals surface area contributed by atoms with Gasteiger partial charge in [-0.25, -0.2) is 8.42 Å². The topological polar surface area (TPSA) is 138 Å². The van der Waals surface area contributed by atoms with Gasteiger partial charge in [0.25, 0.3) is 16.3 Å². The normalized spacial score (nSPS) is 19.1. The number of rotatable bonds is 11. The fraction of sp³-hybridized carbons (Fsp3) is 0.273. The highest BCUT2D eigenvalue weighted by Crippen LogP contribution is 2.44. The van der Waals surface area contributed by atoms with Crippen molar-refractivity contribution in [2.45, 2.75) is 32.4 Å². The summed E-state index contributed by atoms with van der Waals surface area (Å²) in [4.78, 5) is 2.84. The first-order valence-electron chi connectivity index (χ1n) is 14.8. The van der Waals surface area contributed by atoms with Crippen LogP contribution in [-0.2, 0) is 20.2 Å². The van der Waals surface area contributed by atoms with Crippen molar-refractivity contribution < 1.29 is 40.3 Å². The third-order valence-corrected chi connectivity index (χ3v) is 9.72. The van der Waals surface area contributed by atoms with Crippen molar-refractivity contribution in [1.82, 2.24) is 0 Å². The molecule has 2 N–H and O–H groups in total. The Bertz CT molecular complexity index is 2040. The largest absolute Gasteiger partial charge is 0.748 e. The predicted octanol–water partition coefficient (Wildman–Crippen LogP) is 4.52. The number of hydrogen-bond acceptors (Lipinski definition) is 8. The number of anilines is 1. The number of nitrogens with one attached hydrogen (secondary N) is 1. The standard InChI is InChI=1S/C33H34N2O8S2/c1-2-23(21-30-34(17-7-19-44(36,37)38)32-26-11-5-3-9-24(26)13-15-28(32)42-30)22-31-35(18-8-20-45(39,40)41)33-27-12-6-4-10-25(27)14-16-29(33)43-31/h3-6,9-16,21-22,30H,2,7-8,17-20H2,1H3,(H,36,37,38)(H,39,40,41)/b23-21+,31-22-. The molecule has 236 valence electrons. The van der Waals surface area contributed by atoms with Gasteiger partial charge < -0.3 is 18.9 Å². The van der Waals surface area contributed by atoms with Gasteiger partial charge in [-0.05, 0) is 47.4 Å². The highest BCUT2D eigenvalue weighted by atomic mass is 32.2. The second-order valence-electron chi connectivity index (χ2n) is 11.2. The SMILES string of the molecule is CCC(/C=C1\Oc2ccc3ccccc3c2N1CCCS(=O)(=O)O)=C\C1Oc2ccc3ccccc3c2[NH+]1CCCS(=O)(=O)[O-]. The molecular formula is C33H34N2O8S2. The number of quaternary nitrogens is 1. The van der Waals surface area contributed by atoms with E-state index in [1.807, 2.05) is 96.8 Å². The molecule has 0 bridgehead atoms. The van der Waals surface area contributed by atoms with E-state index in [0.717, 1.165) is 43.4 Å². The Hall–Kier alpha value is -3.94. The summed E-state index contributed by atoms with van der Waals surface area (Å²) in [5, 5.41) is 3.99. The Balaban J connectivity index is 1.37. The molecule has 0 aromatic heterocycles. The summed E-state index contributed by atoms with van der Waals surface area (Å²) >= 11 is 0. The molecule has 2 unspecified atom stereocenters. The molecule has 2 aliphatic rings. The van der Waals surface area contributed by atoms with E-state index in [1.54, 1.807) is 0 Å². The maximum atomic E-state index is 11.5. The highest BCUT2D eigenvalue weighted by molar-refractivity contribution is 7.85. The van der Waals surface area contributed by atoms with E-state index in [4.69, 9.17) is 9.47 Å². The molecule has 6 rings (SSSR count). The van der Waals surface area contributed by atoms with Crippen LogP contribution in [0.3, 0.4) is 0 Å². The van der Waals surface area contributed by atoms with Crippen LogP contribution in [-0.4, -0.2) is 56.8 Å². The third-order valence-electron chi connectivity index (χ3n) is 8.13. The van der Waals surface area contributed by atoms with Crippen LogP contribution in [0.15, 0.2) is 96.4 Å². The Kier molecular flexibility index (Phi) is 8.59. The van der Waals surface area contributed by atoms with Crippen LogP contribution < -0.4 is 19.3 Å². The quantitative estimate of drug-likeness (QED) is 0.225. The summed E-state index contributed by atoms with van der Waals surface area (Å²) in [6.07, 6.45) is 4.37. The summed E-state index contributed by atoms with van der Waals surface area (Å²) in [6, 6.07) is 23.6. The molecule has 45 heavy (non-hydrogen) atoms. The maximum absolute atomic E-state index is 11.5. The van der Waals surface area contributed by atoms with Crippen LogP contribution in [0, 0.1) is 0 Å². The number of ether oxygens (including phenoxy) is 2. The van der Waals surface area contributed by atoms with E-state index in [2.05, 4.69) is 0 Å². The predicted molar refractivity (Wildman–Crippen MR) is 172 cm³/mol. The van der Waals surface area contributed by atoms with Gasteiger partial charge in [-0.1, -0.05) is 61.5 Å². The average Bonchev–Trinajstić information content (AvgIpc) is 3.53. The zero-order valence-electron chi connectivity index (χ0n) is 24.7. The molecule has 0 amide bonds. The van der Waals surface area contributed by atoms with E-state index in [1.165, 1.54) is 0 Å². The van der Waals surface area contributed by atoms with Crippen LogP contribution in [0.4, 0.5) is 11.4 Å². The molecule has 2 aliphatic heterocycles. The minimum Gasteiger partial charge on any atom is -0.748 e. The van der Waals surface area contributed by atoms with Crippen molar-refractivity contribution in [3.8, 4) is 11.5 Å². The number of allylic oxidation sites excluding steroid dienone is 2. The van der Waals surface area contributed by atoms with Crippen molar-refractivity contribution in [2.75, 3.05) is 29.5 Å². The van der Waals surface area contributed by atoms with Gasteiger partial charge in [0.05, 0.1) is 28.1 Å². The van der Waals surface area contributed by atoms with Crippen molar-refractivity contribution in [3.63, 3.8) is 0 Å². The van der Waals surface area contributed by atoms with Gasteiger partial charge in [0.2, 0.25) is 5.88 Å². The molecule has 10 nitrogen and oxygen atoms in total. The molecule has 0 aliphatic carbocycles. The second kappa shape index (κ2) is 12.5. The molecule has 2 atom stereocenters. The molecule has 0 saturated carbocycles. The van der Waals surface area contributed by atoms with E-state index in [-0.39, 0.29) is 18.6 Å². The molecule has 2 heterocycles. The maximum Gasteiger partial charge on any atom is 0.264 e. The summed E-state index contributed by atoms with van der Waals surface area (Å²) in [5.74, 6) is 1.01. The van der Waals surface area contributed by atoms with Gasteiger partial charge in [-0.15, -0.1) is 0 Å². The summed E-state index contributed by atoms with van der Waals surface area (Å²) in [6.45, 7) is 2.67. The molecule has 0 spiro atoms. The molecule has 4 aromatic rings. The van der Waals surface area contributed by atoms with Gasteiger partial charge in [0.15, 0.2) is 17.2 Å². The first-order chi connectivity index (χ1) is 21.5. The monoisotopic (exact) mass is 650 g/mol. The molecule has 0 saturated heterocycles. The van der Waals surface area contributed by atoms with Crippen LogP contribution in [0.2, 0.25) is 0 Å². The number of benzene rings is 4. The third kappa shape index (κ3) is 6.85. The smallest absolute Gasteiger partial charge is 0.264 e. The molecular weight excluding hydrogens is 617 g/mol. The lowest BCUT2D eigenvalue weighted by molar-refractivity contribution is -0.861. The zero-order chi connectivity index (χ0) is 31.8. The van der Waals surface area contributed by atoms with E-state index in [9.17, 15) is 25.9 Å². The van der Waals surface area contributed by atoms with Crippen LogP contribution >= 0.6 is 0 Å². The van der Waals surface area contributed by atoms with E-state index < -0.39 is 32.2 Å². The van der Waals surface area contributed by atoms with Crippen molar-refractivity contribution >= 4 is 53.2 Å². The molecule has 12 heteroatoms. The number of fused-ring (bicyclic) bond motifs is 6. The first-order valence-corrected chi connectivity index (χ1v) is 18.0. The van der Waals surface area contributed by atoms with Crippen molar-refractivity contribution in [2.24, 2.45) is 0 Å². The van der Waals surface area contributed by atoms with Gasteiger partial charge in [0.1, 0.15) is 0 Å². The Morgan fingerprint density at radius 1 is 0.911 bits per heavy atom. The zero-order valence-corrected chi connectivity index (χ0v) is 26.3. The minimum absolute atomic E-state index is 0.174. The first kappa shape index (κ1) is 31.1. The Labute approximate surface area is 262 Å². The molecule has 4 aromatic carbocycles. The molecule has 0 fully saturated rings. The van der Waals surface area contributed by atoms with E-state index >= 15 is 0 Å². The lowest BCUT2D eigenvalue weighted by Crippen LogP contribution is -3.10. The number of nitrogens with zero attached hydrogens (tertiary/aromatic N) is 1. The summed E-state index contributed by atoms with van der Waals surface area (Å²) in [7, 11) is -8.50. The minimum atomic E-state index is -4.37. The van der Waals surface area contributed by atoms with Crippen LogP contribution in [0.5, 0.6) is 11.5 Å². The fourth-order valence-electron chi connectivity index (χ4n) is 6.10. The molecule has 0 radical (unpaired) electrons. The second-order valence-corrected chi connectivity index (χ2v) is 14.3. The van der Waals surface area contributed by atoms with Gasteiger partial charge in [-0.2, -0.15) is 8.42 Å². The number of hydrogen-bond donors (Lipinski definition) is 2. The van der Waals surface area contributed by atoms with E-state index in [0.29, 0.717) is 36.9 Å². The summed E-state index contributed by atoms with van der Waals surface area (Å²) in [5.41, 5.74) is 2.63. The average molecular weight is 651 g/mol. The summed E-state index contributed by atoms with van der Waals surface area (Å²) < 4.78 is 79.4. The van der Waals surface area contributed by atoms with Gasteiger partial charge in [0, 0.05) is 41.6 Å². The Morgan fingerprint density at radius 3 is 2.27 bits per heavy atom. The highest BCUT2D eigenvalue weighted by Gasteiger charge is 2.37. The lowest BCUT2D eigenvalue weighted by Gasteiger charge is -2.21. The van der Waals surface area contributed by atoms with Crippen LogP contribution in [0.1, 0.15) is 26.2 Å². The van der Waals surface area contributed by atoms with Crippen molar-refractivity contribution in [1.29, 1.82) is 0 Å². The van der Waals surface area contributed by atoms with Gasteiger partial charge >= 0.3 is 0 Å². The fourth-order valence-corrected chi connectivity index (χ4v) is 7.09. The van der Waals surface area contributed by atoms with Crippen molar-refractivity contribution in [3.05, 3.63) is 96.4 Å². The van der Waals surface area contributed by atoms with Gasteiger partial charge in [-0.3, -0.25) is 9.45 Å². The lowest BCUT2D eigenvalue weighted by atomic mass is 10.1. The van der Waals surface area contributed by atoms with Crippen LogP contribution in [0.25, 0.3) is 21.5 Å². The Morgan fingerprint density at radius 2 is 1.58 bits per heavy atom.